The van der Waals surface area contributed by atoms with E-state index in [-0.39, 0.29) is 10.7 Å². The summed E-state index contributed by atoms with van der Waals surface area (Å²) < 4.78 is 7.97. The summed E-state index contributed by atoms with van der Waals surface area (Å²) in [5.41, 5.74) is -0.307. The Balaban J connectivity index is 1.94. The Bertz CT molecular complexity index is 583. The quantitative estimate of drug-likeness (QED) is 0.866. The molecule has 0 aliphatic carbocycles. The minimum atomic E-state index is -0.307. The molecule has 0 aliphatic heterocycles. The highest BCUT2D eigenvalue weighted by atomic mass is 79.9. The second kappa shape index (κ2) is 6.02. The van der Waals surface area contributed by atoms with Crippen LogP contribution in [0.15, 0.2) is 45.9 Å². The van der Waals surface area contributed by atoms with E-state index in [9.17, 15) is 4.79 Å². The summed E-state index contributed by atoms with van der Waals surface area (Å²) >= 11 is 8.98. The SMILES string of the molecule is O=c1c(Cl)nccn1CCOc1ccc(Br)cc1. The van der Waals surface area contributed by atoms with Crippen molar-refractivity contribution in [1.29, 1.82) is 0 Å². The van der Waals surface area contributed by atoms with Crippen molar-refractivity contribution in [2.75, 3.05) is 6.61 Å². The van der Waals surface area contributed by atoms with Gasteiger partial charge in [-0.25, -0.2) is 4.98 Å². The highest BCUT2D eigenvalue weighted by molar-refractivity contribution is 9.10. The predicted molar refractivity (Wildman–Crippen MR) is 73.1 cm³/mol. The fraction of sp³-hybridized carbons (Fsp3) is 0.167. The second-order valence-electron chi connectivity index (χ2n) is 3.52. The van der Waals surface area contributed by atoms with Gasteiger partial charge in [-0.15, -0.1) is 0 Å². The van der Waals surface area contributed by atoms with Gasteiger partial charge in [0.2, 0.25) is 0 Å². The average molecular weight is 330 g/mol. The molecule has 18 heavy (non-hydrogen) atoms. The summed E-state index contributed by atoms with van der Waals surface area (Å²) in [6, 6.07) is 7.49. The van der Waals surface area contributed by atoms with Crippen LogP contribution in [-0.2, 0) is 6.54 Å². The van der Waals surface area contributed by atoms with E-state index in [1.165, 1.54) is 10.8 Å². The molecular weight excluding hydrogens is 320 g/mol. The first-order chi connectivity index (χ1) is 8.66. The molecule has 0 aliphatic rings. The predicted octanol–water partition coefficient (Wildman–Crippen LogP) is 2.74. The molecule has 2 rings (SSSR count). The van der Waals surface area contributed by atoms with Gasteiger partial charge in [0.1, 0.15) is 12.4 Å². The Morgan fingerprint density at radius 1 is 1.33 bits per heavy atom. The van der Waals surface area contributed by atoms with Crippen LogP contribution in [-0.4, -0.2) is 16.2 Å². The monoisotopic (exact) mass is 328 g/mol. The Hall–Kier alpha value is -1.33. The number of hydrogen-bond acceptors (Lipinski definition) is 3. The largest absolute Gasteiger partial charge is 0.492 e. The Morgan fingerprint density at radius 3 is 2.78 bits per heavy atom. The Labute approximate surface area is 117 Å². The molecule has 1 aromatic heterocycles. The Kier molecular flexibility index (Phi) is 4.38. The van der Waals surface area contributed by atoms with Crippen molar-refractivity contribution in [1.82, 2.24) is 9.55 Å². The van der Waals surface area contributed by atoms with Gasteiger partial charge in [0.25, 0.3) is 5.56 Å². The van der Waals surface area contributed by atoms with Crippen LogP contribution in [0, 0.1) is 0 Å². The zero-order valence-corrected chi connectivity index (χ0v) is 11.7. The van der Waals surface area contributed by atoms with Gasteiger partial charge in [0, 0.05) is 16.9 Å². The number of halogens is 2. The van der Waals surface area contributed by atoms with Gasteiger partial charge < -0.3 is 9.30 Å². The summed E-state index contributed by atoms with van der Waals surface area (Å²) in [5, 5.41) is -0.0267. The van der Waals surface area contributed by atoms with Gasteiger partial charge in [-0.05, 0) is 24.3 Å². The minimum absolute atomic E-state index is 0.0267. The highest BCUT2D eigenvalue weighted by Gasteiger charge is 2.01. The van der Waals surface area contributed by atoms with E-state index < -0.39 is 0 Å². The molecule has 1 aromatic carbocycles. The fourth-order valence-corrected chi connectivity index (χ4v) is 1.82. The third kappa shape index (κ3) is 3.34. The van der Waals surface area contributed by atoms with Crippen molar-refractivity contribution < 1.29 is 4.74 Å². The van der Waals surface area contributed by atoms with Crippen LogP contribution in [0.25, 0.3) is 0 Å². The summed E-state index contributed by atoms with van der Waals surface area (Å²) in [4.78, 5) is 15.3. The second-order valence-corrected chi connectivity index (χ2v) is 4.79. The first-order valence-electron chi connectivity index (χ1n) is 5.26. The molecular formula is C12H10BrClN2O2. The van der Waals surface area contributed by atoms with Gasteiger partial charge in [0.05, 0.1) is 6.54 Å². The molecule has 4 nitrogen and oxygen atoms in total. The van der Waals surface area contributed by atoms with Gasteiger partial charge in [0.15, 0.2) is 5.15 Å². The van der Waals surface area contributed by atoms with Crippen LogP contribution in [0.5, 0.6) is 5.75 Å². The van der Waals surface area contributed by atoms with Crippen molar-refractivity contribution in [3.8, 4) is 5.75 Å². The van der Waals surface area contributed by atoms with Gasteiger partial charge in [-0.1, -0.05) is 27.5 Å². The molecule has 2 aromatic rings. The average Bonchev–Trinajstić information content (AvgIpc) is 2.37. The number of nitrogens with zero attached hydrogens (tertiary/aromatic N) is 2. The van der Waals surface area contributed by atoms with Gasteiger partial charge in [-0.2, -0.15) is 0 Å². The van der Waals surface area contributed by atoms with Crippen molar-refractivity contribution in [3.63, 3.8) is 0 Å². The van der Waals surface area contributed by atoms with E-state index >= 15 is 0 Å². The molecule has 0 radical (unpaired) electrons. The van der Waals surface area contributed by atoms with E-state index in [0.717, 1.165) is 10.2 Å². The molecule has 0 spiro atoms. The normalized spacial score (nSPS) is 10.3. The molecule has 0 bridgehead atoms. The maximum absolute atomic E-state index is 11.6. The van der Waals surface area contributed by atoms with Crippen molar-refractivity contribution >= 4 is 27.5 Å². The van der Waals surface area contributed by atoms with Crippen molar-refractivity contribution in [2.45, 2.75) is 6.54 Å². The summed E-state index contributed by atoms with van der Waals surface area (Å²) in [6.45, 7) is 0.818. The zero-order chi connectivity index (χ0) is 13.0. The Morgan fingerprint density at radius 2 is 2.06 bits per heavy atom. The maximum atomic E-state index is 11.6. The number of aromatic nitrogens is 2. The molecule has 0 amide bonds. The third-order valence-corrected chi connectivity index (χ3v) is 3.07. The van der Waals surface area contributed by atoms with Crippen molar-refractivity contribution in [3.05, 3.63) is 56.6 Å². The first kappa shape index (κ1) is 13.1. The molecule has 0 saturated carbocycles. The number of ether oxygens (including phenoxy) is 1. The number of hydrogen-bond donors (Lipinski definition) is 0. The lowest BCUT2D eigenvalue weighted by Crippen LogP contribution is -2.23. The smallest absolute Gasteiger partial charge is 0.288 e. The van der Waals surface area contributed by atoms with Crippen molar-refractivity contribution in [2.24, 2.45) is 0 Å². The van der Waals surface area contributed by atoms with Crippen LogP contribution < -0.4 is 10.3 Å². The number of benzene rings is 1. The maximum Gasteiger partial charge on any atom is 0.288 e. The van der Waals surface area contributed by atoms with E-state index in [2.05, 4.69) is 20.9 Å². The van der Waals surface area contributed by atoms with Crippen LogP contribution in [0.1, 0.15) is 0 Å². The molecule has 94 valence electrons. The molecule has 6 heteroatoms. The molecule has 0 unspecified atom stereocenters. The zero-order valence-electron chi connectivity index (χ0n) is 9.35. The summed E-state index contributed by atoms with van der Waals surface area (Å²) in [5.74, 6) is 0.756. The van der Waals surface area contributed by atoms with E-state index in [0.29, 0.717) is 13.2 Å². The van der Waals surface area contributed by atoms with E-state index in [1.54, 1.807) is 6.20 Å². The lowest BCUT2D eigenvalue weighted by Gasteiger charge is -2.08. The summed E-state index contributed by atoms with van der Waals surface area (Å²) in [6.07, 6.45) is 3.07. The fourth-order valence-electron chi connectivity index (χ4n) is 1.39. The minimum Gasteiger partial charge on any atom is -0.492 e. The van der Waals surface area contributed by atoms with Crippen LogP contribution in [0.4, 0.5) is 0 Å². The lowest BCUT2D eigenvalue weighted by molar-refractivity contribution is 0.296. The first-order valence-corrected chi connectivity index (χ1v) is 6.43. The van der Waals surface area contributed by atoms with Gasteiger partial charge in [-0.3, -0.25) is 4.79 Å². The van der Waals surface area contributed by atoms with Crippen LogP contribution in [0.2, 0.25) is 5.15 Å². The highest BCUT2D eigenvalue weighted by Crippen LogP contribution is 2.15. The van der Waals surface area contributed by atoms with E-state index in [4.69, 9.17) is 16.3 Å². The molecule has 0 atom stereocenters. The molecule has 0 fully saturated rings. The molecule has 0 saturated heterocycles. The molecule has 1 heterocycles. The number of rotatable bonds is 4. The van der Waals surface area contributed by atoms with E-state index in [1.807, 2.05) is 24.3 Å². The lowest BCUT2D eigenvalue weighted by atomic mass is 10.3. The summed E-state index contributed by atoms with van der Waals surface area (Å²) in [7, 11) is 0. The topological polar surface area (TPSA) is 44.1 Å². The van der Waals surface area contributed by atoms with Gasteiger partial charge >= 0.3 is 0 Å². The van der Waals surface area contributed by atoms with Crippen LogP contribution in [0.3, 0.4) is 0 Å². The third-order valence-electron chi connectivity index (χ3n) is 2.29. The standard InChI is InChI=1S/C12H10BrClN2O2/c13-9-1-3-10(4-2-9)18-8-7-16-6-5-15-11(14)12(16)17/h1-6H,7-8H2. The molecule has 0 N–H and O–H groups in total. The van der Waals surface area contributed by atoms with Crippen LogP contribution >= 0.6 is 27.5 Å².